The summed E-state index contributed by atoms with van der Waals surface area (Å²) < 4.78 is 0. The standard InChI is InChI=1S/C27H24BSi/c1-19-17-20(2)27(21(3)18-19)28-23-13-7-9-15-25(23)29(22-11-5-4-6-12-22)26-16-10-8-14-24(26)28/h4-18H,1-3H3. The van der Waals surface area contributed by atoms with Crippen molar-refractivity contribution in [1.82, 2.24) is 0 Å². The number of rotatable bonds is 2. The summed E-state index contributed by atoms with van der Waals surface area (Å²) in [6.07, 6.45) is 0. The molecule has 0 amide bonds. The minimum absolute atomic E-state index is 0.306. The molecule has 0 saturated carbocycles. The van der Waals surface area contributed by atoms with Gasteiger partial charge in [-0.3, -0.25) is 0 Å². The van der Waals surface area contributed by atoms with Crippen molar-refractivity contribution in [2.45, 2.75) is 20.8 Å². The largest absolute Gasteiger partial charge is 0.241 e. The summed E-state index contributed by atoms with van der Waals surface area (Å²) in [5.74, 6) is 0. The summed E-state index contributed by atoms with van der Waals surface area (Å²) >= 11 is 0. The second-order valence-electron chi connectivity index (χ2n) is 8.16. The lowest BCUT2D eigenvalue weighted by molar-refractivity contribution is 1.35. The van der Waals surface area contributed by atoms with Gasteiger partial charge in [0.05, 0.1) is 0 Å². The third-order valence-electron chi connectivity index (χ3n) is 6.17. The van der Waals surface area contributed by atoms with Crippen LogP contribution in [0.15, 0.2) is 91.0 Å². The monoisotopic (exact) mass is 387 g/mol. The molecule has 0 fully saturated rings. The van der Waals surface area contributed by atoms with Crippen LogP contribution in [0, 0.1) is 20.8 Å². The average Bonchev–Trinajstić information content (AvgIpc) is 2.73. The van der Waals surface area contributed by atoms with Gasteiger partial charge in [-0.25, -0.2) is 0 Å². The highest BCUT2D eigenvalue weighted by molar-refractivity contribution is 7.11. The molecular weight excluding hydrogens is 363 g/mol. The van der Waals surface area contributed by atoms with Crippen LogP contribution in [0.4, 0.5) is 0 Å². The lowest BCUT2D eigenvalue weighted by Gasteiger charge is -2.33. The van der Waals surface area contributed by atoms with E-state index in [0.717, 1.165) is 0 Å². The molecule has 0 saturated heterocycles. The fraction of sp³-hybridized carbons (Fsp3) is 0.111. The highest BCUT2D eigenvalue weighted by atomic mass is 28.3. The molecular formula is C27H24BSi. The summed E-state index contributed by atoms with van der Waals surface area (Å²) in [5, 5.41) is 4.53. The Bertz CT molecular complexity index is 1130. The van der Waals surface area contributed by atoms with Crippen molar-refractivity contribution < 1.29 is 0 Å². The van der Waals surface area contributed by atoms with Crippen molar-refractivity contribution in [2.75, 3.05) is 0 Å². The van der Waals surface area contributed by atoms with Crippen LogP contribution in [0.5, 0.6) is 0 Å². The second kappa shape index (κ2) is 7.20. The molecule has 2 heteroatoms. The van der Waals surface area contributed by atoms with Crippen LogP contribution in [-0.2, 0) is 0 Å². The van der Waals surface area contributed by atoms with E-state index in [4.69, 9.17) is 0 Å². The predicted octanol–water partition coefficient (Wildman–Crippen LogP) is 1.96. The van der Waals surface area contributed by atoms with E-state index in [1.54, 1.807) is 0 Å². The van der Waals surface area contributed by atoms with Gasteiger partial charge < -0.3 is 0 Å². The number of benzene rings is 4. The number of fused-ring (bicyclic) bond motifs is 2. The first-order valence-electron chi connectivity index (χ1n) is 10.3. The highest BCUT2D eigenvalue weighted by Crippen LogP contribution is 2.10. The molecule has 139 valence electrons. The van der Waals surface area contributed by atoms with Crippen molar-refractivity contribution >= 4 is 47.5 Å². The van der Waals surface area contributed by atoms with E-state index in [2.05, 4.69) is 112 Å². The molecule has 0 bridgehead atoms. The van der Waals surface area contributed by atoms with Crippen molar-refractivity contribution in [3.05, 3.63) is 108 Å². The van der Waals surface area contributed by atoms with Gasteiger partial charge in [0.2, 0.25) is 6.71 Å². The molecule has 1 aliphatic heterocycles. The zero-order valence-corrected chi connectivity index (χ0v) is 18.2. The van der Waals surface area contributed by atoms with E-state index in [9.17, 15) is 0 Å². The van der Waals surface area contributed by atoms with Gasteiger partial charge in [0.1, 0.15) is 0 Å². The van der Waals surface area contributed by atoms with Crippen LogP contribution in [0.3, 0.4) is 0 Å². The Morgan fingerprint density at radius 2 is 1.07 bits per heavy atom. The zero-order valence-electron chi connectivity index (χ0n) is 17.2. The van der Waals surface area contributed by atoms with Crippen molar-refractivity contribution in [3.63, 3.8) is 0 Å². The normalized spacial score (nSPS) is 13.1. The van der Waals surface area contributed by atoms with Crippen LogP contribution >= 0.6 is 0 Å². The molecule has 0 N–H and O–H groups in total. The topological polar surface area (TPSA) is 0 Å². The van der Waals surface area contributed by atoms with E-state index in [0.29, 0.717) is 6.71 Å². The quantitative estimate of drug-likeness (QED) is 0.407. The molecule has 1 aliphatic rings. The molecule has 1 radical (unpaired) electrons. The molecule has 4 aromatic rings. The van der Waals surface area contributed by atoms with Crippen molar-refractivity contribution in [2.24, 2.45) is 0 Å². The van der Waals surface area contributed by atoms with E-state index in [-0.39, 0.29) is 0 Å². The number of aryl methyl sites for hydroxylation is 3. The van der Waals surface area contributed by atoms with E-state index >= 15 is 0 Å². The predicted molar refractivity (Wildman–Crippen MR) is 129 cm³/mol. The first-order chi connectivity index (χ1) is 14.1. The Labute approximate surface area is 175 Å². The van der Waals surface area contributed by atoms with Gasteiger partial charge in [0.25, 0.3) is 0 Å². The minimum atomic E-state index is -1.01. The molecule has 0 spiro atoms. The molecule has 0 aromatic heterocycles. The smallest absolute Gasteiger partial charge is 0.0688 e. The van der Waals surface area contributed by atoms with Gasteiger partial charge in [-0.05, 0) is 20.8 Å². The van der Waals surface area contributed by atoms with Crippen LogP contribution in [0.25, 0.3) is 0 Å². The lowest BCUT2D eigenvalue weighted by Crippen LogP contribution is -2.75. The summed E-state index contributed by atoms with van der Waals surface area (Å²) in [6.45, 7) is 7.06. The number of hydrogen-bond donors (Lipinski definition) is 0. The molecule has 0 unspecified atom stereocenters. The summed E-state index contributed by atoms with van der Waals surface area (Å²) in [4.78, 5) is 0. The fourth-order valence-corrected chi connectivity index (χ4v) is 8.14. The van der Waals surface area contributed by atoms with Crippen LogP contribution in [0.2, 0.25) is 0 Å². The Morgan fingerprint density at radius 1 is 0.586 bits per heavy atom. The highest BCUT2D eigenvalue weighted by Gasteiger charge is 2.38. The Balaban J connectivity index is 1.83. The molecule has 0 atom stereocenters. The third-order valence-corrected chi connectivity index (χ3v) is 9.07. The maximum atomic E-state index is 2.37. The molecule has 5 rings (SSSR count). The van der Waals surface area contributed by atoms with Crippen LogP contribution in [0.1, 0.15) is 16.7 Å². The first kappa shape index (κ1) is 18.2. The van der Waals surface area contributed by atoms with Crippen LogP contribution in [-0.4, -0.2) is 15.5 Å². The summed E-state index contributed by atoms with van der Waals surface area (Å²) in [6, 6.07) is 34.1. The van der Waals surface area contributed by atoms with Gasteiger partial charge >= 0.3 is 0 Å². The second-order valence-corrected chi connectivity index (χ2v) is 10.6. The molecule has 4 aromatic carbocycles. The molecule has 1 heterocycles. The van der Waals surface area contributed by atoms with Gasteiger partial charge in [0, 0.05) is 0 Å². The van der Waals surface area contributed by atoms with Gasteiger partial charge in [-0.2, -0.15) is 0 Å². The molecule has 0 nitrogen and oxygen atoms in total. The average molecular weight is 387 g/mol. The van der Waals surface area contributed by atoms with E-state index < -0.39 is 8.80 Å². The SMILES string of the molecule is Cc1cc(C)c(B2c3ccccc3[Si](c3ccccc3)c3ccccc32)c(C)c1. The van der Waals surface area contributed by atoms with E-state index in [1.165, 1.54) is 48.6 Å². The van der Waals surface area contributed by atoms with Gasteiger partial charge in [-0.1, -0.05) is 140 Å². The Kier molecular flexibility index (Phi) is 4.52. The fourth-order valence-electron chi connectivity index (χ4n) is 5.14. The maximum absolute atomic E-state index is 2.37. The number of hydrogen-bond acceptors (Lipinski definition) is 0. The van der Waals surface area contributed by atoms with Crippen molar-refractivity contribution in [1.29, 1.82) is 0 Å². The molecule has 0 aliphatic carbocycles. The molecule has 29 heavy (non-hydrogen) atoms. The Morgan fingerprint density at radius 3 is 1.62 bits per heavy atom. The van der Waals surface area contributed by atoms with Crippen molar-refractivity contribution in [3.8, 4) is 0 Å². The Hall–Kier alpha value is -2.84. The van der Waals surface area contributed by atoms with Gasteiger partial charge in [-0.15, -0.1) is 0 Å². The third kappa shape index (κ3) is 2.99. The summed E-state index contributed by atoms with van der Waals surface area (Å²) in [5.41, 5.74) is 8.58. The van der Waals surface area contributed by atoms with E-state index in [1.807, 2.05) is 0 Å². The van der Waals surface area contributed by atoms with Gasteiger partial charge in [0.15, 0.2) is 8.80 Å². The van der Waals surface area contributed by atoms with Crippen LogP contribution < -0.4 is 31.9 Å². The minimum Gasteiger partial charge on any atom is -0.0688 e. The zero-order chi connectivity index (χ0) is 20.0. The first-order valence-corrected chi connectivity index (χ1v) is 11.8. The lowest BCUT2D eigenvalue weighted by atomic mass is 9.35. The maximum Gasteiger partial charge on any atom is 0.241 e. The summed E-state index contributed by atoms with van der Waals surface area (Å²) in [7, 11) is -1.01.